The van der Waals surface area contributed by atoms with Crippen LogP contribution in [0, 0.1) is 34.6 Å². The van der Waals surface area contributed by atoms with Crippen molar-refractivity contribution in [3.05, 3.63) is 27.8 Å². The van der Waals surface area contributed by atoms with Crippen molar-refractivity contribution in [2.75, 3.05) is 13.1 Å². The highest BCUT2D eigenvalue weighted by Crippen LogP contribution is 2.38. The van der Waals surface area contributed by atoms with Gasteiger partial charge in [-0.1, -0.05) is 0 Å². The van der Waals surface area contributed by atoms with Crippen LogP contribution >= 0.6 is 0 Å². The second-order valence-corrected chi connectivity index (χ2v) is 8.95. The average molecular weight is 337 g/mol. The summed E-state index contributed by atoms with van der Waals surface area (Å²) in [6, 6.07) is 0.258. The first kappa shape index (κ1) is 16.9. The maximum absolute atomic E-state index is 13.6. The van der Waals surface area contributed by atoms with E-state index in [1.165, 1.54) is 5.56 Å². The maximum Gasteiger partial charge on any atom is 0.244 e. The summed E-state index contributed by atoms with van der Waals surface area (Å²) in [5, 5.41) is 3.39. The van der Waals surface area contributed by atoms with E-state index in [2.05, 4.69) is 12.2 Å². The van der Waals surface area contributed by atoms with Crippen molar-refractivity contribution in [1.82, 2.24) is 9.62 Å². The fourth-order valence-electron chi connectivity index (χ4n) is 4.29. The van der Waals surface area contributed by atoms with Gasteiger partial charge in [-0.3, -0.25) is 0 Å². The molecule has 0 spiro atoms. The molecule has 2 unspecified atom stereocenters. The molecule has 0 aliphatic carbocycles. The van der Waals surface area contributed by atoms with Crippen LogP contribution in [0.1, 0.15) is 47.1 Å². The van der Waals surface area contributed by atoms with Gasteiger partial charge in [-0.2, -0.15) is 4.31 Å². The Balaban J connectivity index is 2.18. The Kier molecular flexibility index (Phi) is 4.32. The third kappa shape index (κ3) is 2.53. The highest BCUT2D eigenvalue weighted by molar-refractivity contribution is 7.89. The number of nitrogens with zero attached hydrogens (tertiary/aromatic N) is 1. The standard InChI is InChI=1S/C18H28N2O2S/c1-11-12(2)14(4)18(15(5)13(11)3)23(21,22)20-16-6-7-17(20)10-19-9-8-16/h16-17,19H,6-10H2,1-5H3. The molecule has 2 fully saturated rings. The van der Waals surface area contributed by atoms with Gasteiger partial charge in [0.25, 0.3) is 0 Å². The smallest absolute Gasteiger partial charge is 0.244 e. The molecule has 0 aromatic heterocycles. The first-order chi connectivity index (χ1) is 10.8. The zero-order valence-corrected chi connectivity index (χ0v) is 15.7. The molecule has 2 aliphatic heterocycles. The van der Waals surface area contributed by atoms with Crippen molar-refractivity contribution >= 4 is 10.0 Å². The van der Waals surface area contributed by atoms with E-state index in [4.69, 9.17) is 0 Å². The SMILES string of the molecule is Cc1c(C)c(C)c(S(=O)(=O)N2C3CCNCC2CC3)c(C)c1C. The molecule has 2 saturated heterocycles. The molecule has 1 aromatic carbocycles. The molecule has 23 heavy (non-hydrogen) atoms. The molecule has 2 heterocycles. The molecule has 1 N–H and O–H groups in total. The first-order valence-electron chi connectivity index (χ1n) is 8.58. The van der Waals surface area contributed by atoms with Crippen molar-refractivity contribution in [3.63, 3.8) is 0 Å². The third-order valence-electron chi connectivity index (χ3n) is 6.05. The molecular formula is C18H28N2O2S. The van der Waals surface area contributed by atoms with Crippen LogP contribution in [-0.4, -0.2) is 37.9 Å². The molecule has 2 aliphatic rings. The van der Waals surface area contributed by atoms with Crippen molar-refractivity contribution in [1.29, 1.82) is 0 Å². The lowest BCUT2D eigenvalue weighted by molar-refractivity contribution is 0.334. The van der Waals surface area contributed by atoms with Gasteiger partial charge < -0.3 is 5.32 Å². The fraction of sp³-hybridized carbons (Fsp3) is 0.667. The topological polar surface area (TPSA) is 49.4 Å². The van der Waals surface area contributed by atoms with Gasteiger partial charge in [0.1, 0.15) is 0 Å². The van der Waals surface area contributed by atoms with E-state index in [1.54, 1.807) is 0 Å². The number of nitrogens with one attached hydrogen (secondary N) is 1. The van der Waals surface area contributed by atoms with Crippen LogP contribution in [0.25, 0.3) is 0 Å². The van der Waals surface area contributed by atoms with E-state index in [0.717, 1.165) is 54.6 Å². The van der Waals surface area contributed by atoms with Gasteiger partial charge in [0, 0.05) is 18.6 Å². The lowest BCUT2D eigenvalue weighted by Gasteiger charge is -2.29. The minimum atomic E-state index is -3.45. The van der Waals surface area contributed by atoms with Gasteiger partial charge in [-0.15, -0.1) is 0 Å². The van der Waals surface area contributed by atoms with E-state index in [0.29, 0.717) is 4.90 Å². The Hall–Kier alpha value is -0.910. The summed E-state index contributed by atoms with van der Waals surface area (Å²) in [6.45, 7) is 11.8. The highest BCUT2D eigenvalue weighted by atomic mass is 32.2. The summed E-state index contributed by atoms with van der Waals surface area (Å²) in [5.74, 6) is 0. The molecule has 0 amide bonds. The van der Waals surface area contributed by atoms with Crippen LogP contribution in [0.5, 0.6) is 0 Å². The Labute approximate surface area is 140 Å². The zero-order valence-electron chi connectivity index (χ0n) is 14.9. The van der Waals surface area contributed by atoms with Crippen molar-refractivity contribution < 1.29 is 8.42 Å². The monoisotopic (exact) mass is 336 g/mol. The number of fused-ring (bicyclic) bond motifs is 2. The van der Waals surface area contributed by atoms with E-state index in [-0.39, 0.29) is 12.1 Å². The lowest BCUT2D eigenvalue weighted by atomic mass is 9.95. The Bertz CT molecular complexity index is 697. The van der Waals surface area contributed by atoms with Crippen LogP contribution in [0.4, 0.5) is 0 Å². The summed E-state index contributed by atoms with van der Waals surface area (Å²) < 4.78 is 28.9. The average Bonchev–Trinajstić information content (AvgIpc) is 2.77. The number of rotatable bonds is 2. The van der Waals surface area contributed by atoms with Gasteiger partial charge in [-0.25, -0.2) is 8.42 Å². The molecule has 4 nitrogen and oxygen atoms in total. The molecule has 5 heteroatoms. The first-order valence-corrected chi connectivity index (χ1v) is 10.0. The highest BCUT2D eigenvalue weighted by Gasteiger charge is 2.44. The predicted molar refractivity (Wildman–Crippen MR) is 93.4 cm³/mol. The molecule has 3 rings (SSSR count). The Morgan fingerprint density at radius 1 is 0.826 bits per heavy atom. The molecule has 1 aromatic rings. The fourth-order valence-corrected chi connectivity index (χ4v) is 6.76. The lowest BCUT2D eigenvalue weighted by Crippen LogP contribution is -2.43. The van der Waals surface area contributed by atoms with Crippen LogP contribution in [-0.2, 0) is 10.0 Å². The Morgan fingerprint density at radius 2 is 1.35 bits per heavy atom. The second-order valence-electron chi connectivity index (χ2n) is 7.17. The summed E-state index contributed by atoms with van der Waals surface area (Å²) >= 11 is 0. The minimum Gasteiger partial charge on any atom is -0.315 e. The number of sulfonamides is 1. The minimum absolute atomic E-state index is 0.105. The van der Waals surface area contributed by atoms with Crippen LogP contribution in [0.3, 0.4) is 0 Å². The predicted octanol–water partition coefficient (Wildman–Crippen LogP) is 2.74. The summed E-state index contributed by atoms with van der Waals surface area (Å²) in [6.07, 6.45) is 2.88. The quantitative estimate of drug-likeness (QED) is 0.903. The Morgan fingerprint density at radius 3 is 1.96 bits per heavy atom. The normalized spacial score (nSPS) is 25.6. The van der Waals surface area contributed by atoms with Gasteiger partial charge in [-0.05, 0) is 88.2 Å². The number of hydrogen-bond donors (Lipinski definition) is 1. The molecule has 0 saturated carbocycles. The number of hydrogen-bond acceptors (Lipinski definition) is 3. The van der Waals surface area contributed by atoms with Crippen molar-refractivity contribution in [2.24, 2.45) is 0 Å². The summed E-state index contributed by atoms with van der Waals surface area (Å²) in [5.41, 5.74) is 5.25. The zero-order chi connectivity index (χ0) is 16.9. The van der Waals surface area contributed by atoms with E-state index < -0.39 is 10.0 Å². The van der Waals surface area contributed by atoms with E-state index in [9.17, 15) is 8.42 Å². The molecular weight excluding hydrogens is 308 g/mol. The summed E-state index contributed by atoms with van der Waals surface area (Å²) in [7, 11) is -3.45. The maximum atomic E-state index is 13.6. The van der Waals surface area contributed by atoms with Gasteiger partial charge in [0.2, 0.25) is 10.0 Å². The molecule has 2 bridgehead atoms. The molecule has 0 radical (unpaired) electrons. The third-order valence-corrected chi connectivity index (χ3v) is 8.33. The van der Waals surface area contributed by atoms with Crippen molar-refractivity contribution in [3.8, 4) is 0 Å². The van der Waals surface area contributed by atoms with Gasteiger partial charge in [0.15, 0.2) is 0 Å². The number of benzene rings is 1. The van der Waals surface area contributed by atoms with Crippen LogP contribution < -0.4 is 5.32 Å². The molecule has 128 valence electrons. The molecule has 2 atom stereocenters. The largest absolute Gasteiger partial charge is 0.315 e. The van der Waals surface area contributed by atoms with Crippen LogP contribution in [0.2, 0.25) is 0 Å². The van der Waals surface area contributed by atoms with E-state index >= 15 is 0 Å². The van der Waals surface area contributed by atoms with E-state index in [1.807, 2.05) is 32.0 Å². The summed E-state index contributed by atoms with van der Waals surface area (Å²) in [4.78, 5) is 0.553. The second kappa shape index (κ2) is 5.87. The van der Waals surface area contributed by atoms with Crippen LogP contribution in [0.15, 0.2) is 4.90 Å². The van der Waals surface area contributed by atoms with Gasteiger partial charge >= 0.3 is 0 Å². The van der Waals surface area contributed by atoms with Gasteiger partial charge in [0.05, 0.1) is 4.90 Å². The van der Waals surface area contributed by atoms with Crippen molar-refractivity contribution in [2.45, 2.75) is 70.9 Å².